The molecule has 2 aliphatic rings. The normalized spacial score (nSPS) is 16.4. The average molecular weight is 483 g/mol. The summed E-state index contributed by atoms with van der Waals surface area (Å²) in [7, 11) is 0. The summed E-state index contributed by atoms with van der Waals surface area (Å²) < 4.78 is 1.69. The largest absolute Gasteiger partial charge is 0.367 e. The number of carbonyl (C=O) groups is 1. The van der Waals surface area contributed by atoms with Gasteiger partial charge in [-0.1, -0.05) is 25.0 Å². The quantitative estimate of drug-likeness (QED) is 0.384. The van der Waals surface area contributed by atoms with Crippen LogP contribution >= 0.6 is 0 Å². The topological polar surface area (TPSA) is 99.5 Å². The minimum Gasteiger partial charge on any atom is -0.367 e. The van der Waals surface area contributed by atoms with Gasteiger partial charge in [-0.3, -0.25) is 4.79 Å². The van der Waals surface area contributed by atoms with Crippen LogP contribution < -0.4 is 20.9 Å². The van der Waals surface area contributed by atoms with Gasteiger partial charge in [0.1, 0.15) is 11.5 Å². The molecule has 9 nitrogen and oxygen atoms in total. The zero-order valence-electron chi connectivity index (χ0n) is 20.2. The fraction of sp³-hybridized carbons (Fsp3) is 0.333. The Labute approximate surface area is 209 Å². The maximum atomic E-state index is 13.2. The molecule has 2 fully saturated rings. The number of nitrogens with zero attached hydrogens (tertiary/aromatic N) is 5. The predicted molar refractivity (Wildman–Crippen MR) is 142 cm³/mol. The molecule has 1 amide bonds. The summed E-state index contributed by atoms with van der Waals surface area (Å²) in [5.74, 6) is 0.639. The lowest BCUT2D eigenvalue weighted by atomic mass is 10.1. The summed E-state index contributed by atoms with van der Waals surface area (Å²) in [6.07, 6.45) is 10.3. The summed E-state index contributed by atoms with van der Waals surface area (Å²) in [5, 5.41) is 14.4. The molecule has 0 radical (unpaired) electrons. The number of fused-ring (bicyclic) bond motifs is 1. The lowest BCUT2D eigenvalue weighted by Crippen LogP contribution is -2.43. The molecular formula is C27H30N8O. The van der Waals surface area contributed by atoms with Gasteiger partial charge in [-0.05, 0) is 43.2 Å². The van der Waals surface area contributed by atoms with E-state index in [0.29, 0.717) is 17.4 Å². The van der Waals surface area contributed by atoms with E-state index in [1.54, 1.807) is 23.0 Å². The number of rotatable bonds is 6. The van der Waals surface area contributed by atoms with Crippen molar-refractivity contribution in [2.75, 3.05) is 41.7 Å². The highest BCUT2D eigenvalue weighted by atomic mass is 16.1. The Kier molecular flexibility index (Phi) is 6.21. The molecule has 4 heterocycles. The molecule has 1 saturated heterocycles. The number of aromatic nitrogens is 4. The van der Waals surface area contributed by atoms with E-state index >= 15 is 0 Å². The highest BCUT2D eigenvalue weighted by Crippen LogP contribution is 2.28. The highest BCUT2D eigenvalue weighted by Gasteiger charge is 2.18. The third-order valence-corrected chi connectivity index (χ3v) is 6.99. The number of anilines is 3. The molecular weight excluding hydrogens is 452 g/mol. The number of pyridine rings is 1. The average Bonchev–Trinajstić information content (AvgIpc) is 3.60. The minimum atomic E-state index is -0.249. The maximum absolute atomic E-state index is 13.2. The van der Waals surface area contributed by atoms with Crippen molar-refractivity contribution in [3.63, 3.8) is 0 Å². The van der Waals surface area contributed by atoms with Crippen LogP contribution in [0.15, 0.2) is 61.1 Å². The summed E-state index contributed by atoms with van der Waals surface area (Å²) >= 11 is 0. The van der Waals surface area contributed by atoms with Crippen molar-refractivity contribution in [2.45, 2.75) is 31.7 Å². The first-order valence-electron chi connectivity index (χ1n) is 12.7. The van der Waals surface area contributed by atoms with Gasteiger partial charge < -0.3 is 20.9 Å². The highest BCUT2D eigenvalue weighted by molar-refractivity contribution is 6.05. The monoisotopic (exact) mass is 482 g/mol. The number of nitrogens with one attached hydrogen (secondary N) is 3. The summed E-state index contributed by atoms with van der Waals surface area (Å²) in [6.45, 7) is 3.66. The molecule has 4 aromatic rings. The summed E-state index contributed by atoms with van der Waals surface area (Å²) in [6, 6.07) is 14.2. The molecule has 1 aromatic carbocycles. The van der Waals surface area contributed by atoms with Crippen LogP contribution in [-0.4, -0.2) is 57.7 Å². The van der Waals surface area contributed by atoms with Crippen molar-refractivity contribution >= 4 is 28.7 Å². The first-order chi connectivity index (χ1) is 17.7. The van der Waals surface area contributed by atoms with Gasteiger partial charge in [-0.2, -0.15) is 5.10 Å². The van der Waals surface area contributed by atoms with Crippen molar-refractivity contribution in [2.24, 2.45) is 0 Å². The van der Waals surface area contributed by atoms with Gasteiger partial charge in [0.15, 0.2) is 5.65 Å². The van der Waals surface area contributed by atoms with E-state index < -0.39 is 0 Å². The molecule has 9 heteroatoms. The molecule has 36 heavy (non-hydrogen) atoms. The fourth-order valence-corrected chi connectivity index (χ4v) is 5.06. The van der Waals surface area contributed by atoms with Gasteiger partial charge in [-0.25, -0.2) is 14.5 Å². The Morgan fingerprint density at radius 3 is 2.64 bits per heavy atom. The number of para-hydroxylation sites is 2. The van der Waals surface area contributed by atoms with Crippen LogP contribution in [0.4, 0.5) is 17.2 Å². The van der Waals surface area contributed by atoms with E-state index in [1.165, 1.54) is 25.7 Å². The van der Waals surface area contributed by atoms with Gasteiger partial charge in [0.25, 0.3) is 5.91 Å². The van der Waals surface area contributed by atoms with E-state index in [4.69, 9.17) is 0 Å². The van der Waals surface area contributed by atoms with E-state index in [1.807, 2.05) is 42.6 Å². The van der Waals surface area contributed by atoms with Crippen LogP contribution in [0.25, 0.3) is 16.8 Å². The van der Waals surface area contributed by atoms with E-state index in [9.17, 15) is 4.79 Å². The van der Waals surface area contributed by atoms with Crippen LogP contribution in [0.1, 0.15) is 36.2 Å². The molecule has 1 aliphatic heterocycles. The Bertz CT molecular complexity index is 1350. The van der Waals surface area contributed by atoms with Crippen molar-refractivity contribution < 1.29 is 4.79 Å². The molecule has 0 bridgehead atoms. The molecule has 184 valence electrons. The predicted octanol–water partition coefficient (Wildman–Crippen LogP) is 3.81. The second-order valence-electron chi connectivity index (χ2n) is 9.41. The number of hydrogen-bond acceptors (Lipinski definition) is 7. The van der Waals surface area contributed by atoms with E-state index in [0.717, 1.165) is 54.5 Å². The second-order valence-corrected chi connectivity index (χ2v) is 9.41. The Hall–Kier alpha value is -3.98. The van der Waals surface area contributed by atoms with Crippen LogP contribution in [0.5, 0.6) is 0 Å². The first-order valence-corrected chi connectivity index (χ1v) is 12.7. The smallest absolute Gasteiger partial charge is 0.274 e. The third-order valence-electron chi connectivity index (χ3n) is 6.99. The number of benzene rings is 1. The van der Waals surface area contributed by atoms with Crippen LogP contribution in [0.2, 0.25) is 0 Å². The van der Waals surface area contributed by atoms with Crippen LogP contribution in [0.3, 0.4) is 0 Å². The van der Waals surface area contributed by atoms with Crippen molar-refractivity contribution in [3.8, 4) is 11.1 Å². The maximum Gasteiger partial charge on any atom is 0.274 e. The van der Waals surface area contributed by atoms with Crippen molar-refractivity contribution in [1.82, 2.24) is 24.9 Å². The van der Waals surface area contributed by atoms with E-state index in [2.05, 4.69) is 35.9 Å². The number of carbonyl (C=O) groups excluding carboxylic acids is 1. The van der Waals surface area contributed by atoms with Gasteiger partial charge in [0.2, 0.25) is 0 Å². The molecule has 1 aliphatic carbocycles. The third kappa shape index (κ3) is 4.61. The lowest BCUT2D eigenvalue weighted by Gasteiger charge is -2.31. The summed E-state index contributed by atoms with van der Waals surface area (Å²) in [4.78, 5) is 24.8. The fourth-order valence-electron chi connectivity index (χ4n) is 5.06. The Morgan fingerprint density at radius 1 is 1.00 bits per heavy atom. The number of hydrogen-bond donors (Lipinski definition) is 3. The minimum absolute atomic E-state index is 0.249. The van der Waals surface area contributed by atoms with Crippen molar-refractivity contribution in [3.05, 3.63) is 66.7 Å². The van der Waals surface area contributed by atoms with Gasteiger partial charge in [-0.15, -0.1) is 0 Å². The van der Waals surface area contributed by atoms with Gasteiger partial charge in [0, 0.05) is 55.7 Å². The zero-order valence-corrected chi connectivity index (χ0v) is 20.2. The van der Waals surface area contributed by atoms with Crippen LogP contribution in [0, 0.1) is 0 Å². The summed E-state index contributed by atoms with van der Waals surface area (Å²) in [5.41, 5.74) is 4.52. The number of amides is 1. The van der Waals surface area contributed by atoms with Crippen molar-refractivity contribution in [1.29, 1.82) is 0 Å². The second kappa shape index (κ2) is 9.94. The van der Waals surface area contributed by atoms with Gasteiger partial charge in [0.05, 0.1) is 17.6 Å². The standard InChI is InChI=1S/C27H30N8O/c36-27(33-22-7-3-4-8-24(22)34-15-12-28-13-16-34)23-11-14-35-26(32-23)21(18-30-35)19-9-10-25(29-17-19)31-20-5-1-2-6-20/h3-4,7-11,14,17-18,20,28H,1-2,5-6,12-13,15-16H2,(H,29,31)(H,33,36). The molecule has 0 atom stereocenters. The molecule has 6 rings (SSSR count). The molecule has 3 aromatic heterocycles. The van der Waals surface area contributed by atoms with Gasteiger partial charge >= 0.3 is 0 Å². The molecule has 0 unspecified atom stereocenters. The Balaban J connectivity index is 1.23. The Morgan fingerprint density at radius 2 is 1.83 bits per heavy atom. The first kappa shape index (κ1) is 22.5. The number of piperazine rings is 1. The molecule has 3 N–H and O–H groups in total. The zero-order chi connectivity index (χ0) is 24.3. The SMILES string of the molecule is O=C(Nc1ccccc1N1CCNCC1)c1ccn2ncc(-c3ccc(NC4CCCC4)nc3)c2n1. The van der Waals surface area contributed by atoms with Crippen LogP contribution in [-0.2, 0) is 0 Å². The van der Waals surface area contributed by atoms with E-state index in [-0.39, 0.29) is 5.91 Å². The molecule has 0 spiro atoms. The molecule has 1 saturated carbocycles. The lowest BCUT2D eigenvalue weighted by molar-refractivity contribution is 0.102.